The van der Waals surface area contributed by atoms with Crippen LogP contribution in [0.1, 0.15) is 24.5 Å². The molecule has 0 spiro atoms. The molecule has 0 aliphatic rings. The molecule has 0 atom stereocenters. The number of methoxy groups -OCH3 is 1. The van der Waals surface area contributed by atoms with Crippen LogP contribution in [0.15, 0.2) is 18.7 Å². The molecular weight excluding hydrogens is 360 g/mol. The Balaban J connectivity index is -0.000000256. The van der Waals surface area contributed by atoms with E-state index in [0.29, 0.717) is 0 Å². The van der Waals surface area contributed by atoms with Crippen molar-refractivity contribution in [2.75, 3.05) is 7.11 Å². The molecule has 130 valence electrons. The normalized spacial score (nSPS) is 8.29. The fraction of sp³-hybridized carbons (Fsp3) is 0.389. The zero-order valence-electron chi connectivity index (χ0n) is 14.9. The van der Waals surface area contributed by atoms with E-state index in [-0.39, 0.29) is 17.4 Å². The number of aryl methyl sites for hydroxylation is 1. The Morgan fingerprint density at radius 2 is 1.54 bits per heavy atom. The third kappa shape index (κ3) is 10.5. The molecule has 0 unspecified atom stereocenters. The molecule has 0 saturated carbocycles. The van der Waals surface area contributed by atoms with Crippen molar-refractivity contribution in [3.63, 3.8) is 0 Å². The first-order valence-corrected chi connectivity index (χ1v) is 10.4. The molecule has 0 bridgehead atoms. The van der Waals surface area contributed by atoms with Gasteiger partial charge in [-0.2, -0.15) is 0 Å². The number of ether oxygens (including phenoxy) is 1. The van der Waals surface area contributed by atoms with E-state index >= 15 is 0 Å². The van der Waals surface area contributed by atoms with Crippen LogP contribution in [-0.4, -0.2) is 15.2 Å². The Bertz CT molecular complexity index is 514. The van der Waals surface area contributed by atoms with Crippen molar-refractivity contribution >= 4 is 19.3 Å². The Hall–Kier alpha value is -1.27. The predicted octanol–water partition coefficient (Wildman–Crippen LogP) is 3.72. The number of hydrogen-bond acceptors (Lipinski definition) is 1. The largest absolute Gasteiger partial charge is 0 e. The van der Waals surface area contributed by atoms with Crippen LogP contribution in [0.4, 0.5) is 0 Å². The minimum Gasteiger partial charge on any atom is 0 e. The Morgan fingerprint density at radius 1 is 1.08 bits per heavy atom. The SMILES string of the molecule is C=Cc1cc([Si](C)(C)C)c(OC)cc1CCC.[C-]#[O+].[C-]#[O+].[C-]#[O+].[Cr]. The Labute approximate surface area is 157 Å². The van der Waals surface area contributed by atoms with E-state index in [1.807, 2.05) is 6.08 Å². The van der Waals surface area contributed by atoms with Gasteiger partial charge in [-0.3, -0.25) is 0 Å². The standard InChI is InChI=1S/C15H24OSi.3CO.Cr/c1-7-9-13-10-14(16-3)15(17(4,5)6)11-12(13)8-2;3*1-2;/h8,10-11H,2,7,9H2,1,3-6H3;;;;. The number of hydrogen-bond donors (Lipinski definition) is 0. The molecule has 0 amide bonds. The zero-order valence-corrected chi connectivity index (χ0v) is 17.2. The number of benzene rings is 1. The van der Waals surface area contributed by atoms with Crippen LogP contribution in [-0.2, 0) is 37.7 Å². The molecular formula is C18H24CrO4Si. The third-order valence-electron chi connectivity index (χ3n) is 3.01. The molecule has 1 aromatic carbocycles. The Kier molecular flexibility index (Phi) is 23.0. The summed E-state index contributed by atoms with van der Waals surface area (Å²) in [4.78, 5) is 0. The second kappa shape index (κ2) is 18.1. The van der Waals surface area contributed by atoms with Crippen molar-refractivity contribution in [2.45, 2.75) is 39.4 Å². The van der Waals surface area contributed by atoms with Crippen molar-refractivity contribution < 1.29 is 36.1 Å². The van der Waals surface area contributed by atoms with E-state index < -0.39 is 8.07 Å². The van der Waals surface area contributed by atoms with Crippen LogP contribution < -0.4 is 9.92 Å². The van der Waals surface area contributed by atoms with Crippen LogP contribution in [0.3, 0.4) is 0 Å². The molecule has 0 saturated heterocycles. The maximum atomic E-state index is 7.50. The molecule has 1 aromatic rings. The fourth-order valence-electron chi connectivity index (χ4n) is 2.07. The van der Waals surface area contributed by atoms with Crippen molar-refractivity contribution in [1.29, 1.82) is 0 Å². The van der Waals surface area contributed by atoms with Gasteiger partial charge in [0.05, 0.1) is 15.2 Å². The van der Waals surface area contributed by atoms with Crippen molar-refractivity contribution in [2.24, 2.45) is 0 Å². The van der Waals surface area contributed by atoms with Crippen molar-refractivity contribution in [1.82, 2.24) is 0 Å². The molecule has 24 heavy (non-hydrogen) atoms. The summed E-state index contributed by atoms with van der Waals surface area (Å²) in [6, 6.07) is 4.48. The quantitative estimate of drug-likeness (QED) is 0.433. The average Bonchev–Trinajstić information content (AvgIpc) is 2.59. The summed E-state index contributed by atoms with van der Waals surface area (Å²) in [6.45, 7) is 26.7. The van der Waals surface area contributed by atoms with Crippen LogP contribution in [0.2, 0.25) is 19.6 Å². The summed E-state index contributed by atoms with van der Waals surface area (Å²) in [5.41, 5.74) is 2.62. The summed E-state index contributed by atoms with van der Waals surface area (Å²) in [7, 11) is 0.401. The minimum atomic E-state index is -1.37. The monoisotopic (exact) mass is 384 g/mol. The van der Waals surface area contributed by atoms with Gasteiger partial charge in [0, 0.05) is 17.4 Å². The summed E-state index contributed by atoms with van der Waals surface area (Å²) in [5, 5.41) is 1.38. The van der Waals surface area contributed by atoms with Gasteiger partial charge in [0.2, 0.25) is 0 Å². The molecule has 0 aliphatic carbocycles. The summed E-state index contributed by atoms with van der Waals surface area (Å²) >= 11 is 0. The van der Waals surface area contributed by atoms with Gasteiger partial charge in [-0.25, -0.2) is 0 Å². The van der Waals surface area contributed by atoms with Gasteiger partial charge in [-0.05, 0) is 28.8 Å². The first kappa shape index (κ1) is 30.6. The topological polar surface area (TPSA) is 68.9 Å². The van der Waals surface area contributed by atoms with Gasteiger partial charge in [0.25, 0.3) is 0 Å². The molecule has 0 aromatic heterocycles. The molecule has 0 radical (unpaired) electrons. The molecule has 0 fully saturated rings. The van der Waals surface area contributed by atoms with Crippen molar-refractivity contribution in [3.05, 3.63) is 49.8 Å². The number of rotatable bonds is 5. The molecule has 0 N–H and O–H groups in total. The second-order valence-electron chi connectivity index (χ2n) is 5.46. The van der Waals surface area contributed by atoms with Crippen LogP contribution in [0.25, 0.3) is 6.08 Å². The van der Waals surface area contributed by atoms with Gasteiger partial charge in [-0.15, -0.1) is 0 Å². The molecule has 0 heterocycles. The van der Waals surface area contributed by atoms with Gasteiger partial charge in [0.15, 0.2) is 0 Å². The van der Waals surface area contributed by atoms with E-state index in [0.717, 1.165) is 18.6 Å². The molecule has 1 rings (SSSR count). The summed E-state index contributed by atoms with van der Waals surface area (Å²) in [5.74, 6) is 1.05. The second-order valence-corrected chi connectivity index (χ2v) is 10.5. The zero-order chi connectivity index (χ0) is 19.1. The molecule has 6 heteroatoms. The van der Waals surface area contributed by atoms with Crippen molar-refractivity contribution in [3.8, 4) is 5.75 Å². The third-order valence-corrected chi connectivity index (χ3v) is 5.02. The summed E-state index contributed by atoms with van der Waals surface area (Å²) < 4.78 is 28.1. The smallest absolute Gasteiger partial charge is 0 e. The Morgan fingerprint density at radius 3 is 1.83 bits per heavy atom. The van der Waals surface area contributed by atoms with E-state index in [2.05, 4.69) is 65.2 Å². The van der Waals surface area contributed by atoms with E-state index in [9.17, 15) is 0 Å². The maximum absolute atomic E-state index is 7.50. The van der Waals surface area contributed by atoms with Gasteiger partial charge < -0.3 is 4.74 Å². The van der Waals surface area contributed by atoms with Crippen LogP contribution >= 0.6 is 0 Å². The molecule has 0 aliphatic heterocycles. The van der Waals surface area contributed by atoms with Gasteiger partial charge in [-0.1, -0.05) is 51.7 Å². The summed E-state index contributed by atoms with van der Waals surface area (Å²) in [6.07, 6.45) is 4.20. The van der Waals surface area contributed by atoms with Gasteiger partial charge >= 0.3 is 33.9 Å². The van der Waals surface area contributed by atoms with E-state index in [4.69, 9.17) is 18.7 Å². The predicted molar refractivity (Wildman–Crippen MR) is 91.8 cm³/mol. The molecule has 4 nitrogen and oxygen atoms in total. The average molecular weight is 384 g/mol. The van der Waals surface area contributed by atoms with Crippen LogP contribution in [0.5, 0.6) is 5.75 Å². The van der Waals surface area contributed by atoms with Crippen LogP contribution in [0, 0.1) is 20.0 Å². The fourth-order valence-corrected chi connectivity index (χ4v) is 3.57. The minimum absolute atomic E-state index is 0. The van der Waals surface area contributed by atoms with E-state index in [1.165, 1.54) is 16.3 Å². The first-order chi connectivity index (χ1) is 10.9. The van der Waals surface area contributed by atoms with E-state index in [1.54, 1.807) is 7.11 Å². The first-order valence-electron chi connectivity index (χ1n) is 6.89. The van der Waals surface area contributed by atoms with Gasteiger partial charge in [0.1, 0.15) is 5.75 Å². The maximum Gasteiger partial charge on any atom is 0 e.